The molecule has 0 saturated heterocycles. The Morgan fingerprint density at radius 1 is 1.27 bits per heavy atom. The fourth-order valence-corrected chi connectivity index (χ4v) is 6.23. The van der Waals surface area contributed by atoms with Crippen molar-refractivity contribution < 1.29 is 24.2 Å². The van der Waals surface area contributed by atoms with Crippen LogP contribution in [0.15, 0.2) is 34.4 Å². The van der Waals surface area contributed by atoms with Crippen molar-refractivity contribution in [2.24, 2.45) is 17.8 Å². The van der Waals surface area contributed by atoms with Gasteiger partial charge in [-0.05, 0) is 76.4 Å². The third-order valence-electron chi connectivity index (χ3n) is 7.90. The minimum absolute atomic E-state index is 0.0563. The predicted molar refractivity (Wildman–Crippen MR) is 114 cm³/mol. The van der Waals surface area contributed by atoms with Crippen LogP contribution in [-0.2, 0) is 19.1 Å². The van der Waals surface area contributed by atoms with Gasteiger partial charge in [-0.1, -0.05) is 25.5 Å². The SMILES string of the molecule is CC(C)=C[C@H]1O[C@@](C)(CC[C@@H]2OC(=O)C=C2C)C2=C1[C@@H](C)[C@@H]1CC[C@H](C)[C@]1(O)C2=O. The Bertz CT molecular complexity index is 876. The normalized spacial score (nSPS) is 42.8. The highest BCUT2D eigenvalue weighted by Gasteiger charge is 2.63. The molecule has 30 heavy (non-hydrogen) atoms. The number of hydrogen-bond donors (Lipinski definition) is 1. The maximum atomic E-state index is 13.8. The van der Waals surface area contributed by atoms with E-state index >= 15 is 0 Å². The number of carbonyl (C=O) groups is 2. The largest absolute Gasteiger partial charge is 0.455 e. The average molecular weight is 415 g/mol. The van der Waals surface area contributed by atoms with E-state index in [9.17, 15) is 14.7 Å². The van der Waals surface area contributed by atoms with Gasteiger partial charge in [0.15, 0.2) is 5.78 Å². The van der Waals surface area contributed by atoms with E-state index in [0.717, 1.165) is 29.6 Å². The molecule has 1 saturated carbocycles. The Balaban J connectivity index is 1.73. The number of Topliss-reactive ketones (excluding diaryl/α,β-unsaturated/α-hetero) is 1. The molecule has 2 aliphatic carbocycles. The van der Waals surface area contributed by atoms with Crippen molar-refractivity contribution in [1.29, 1.82) is 0 Å². The minimum Gasteiger partial charge on any atom is -0.455 e. The first-order chi connectivity index (χ1) is 14.0. The minimum atomic E-state index is -1.31. The van der Waals surface area contributed by atoms with Gasteiger partial charge in [0, 0.05) is 17.6 Å². The van der Waals surface area contributed by atoms with Crippen molar-refractivity contribution in [1.82, 2.24) is 0 Å². The van der Waals surface area contributed by atoms with Gasteiger partial charge in [-0.3, -0.25) is 4.79 Å². The molecule has 0 spiro atoms. The molecule has 0 aromatic rings. The van der Waals surface area contributed by atoms with Crippen LogP contribution in [0.1, 0.15) is 67.2 Å². The van der Waals surface area contributed by atoms with Crippen molar-refractivity contribution in [2.75, 3.05) is 0 Å². The molecule has 0 aromatic heterocycles. The smallest absolute Gasteiger partial charge is 0.331 e. The lowest BCUT2D eigenvalue weighted by atomic mass is 9.62. The molecule has 1 fully saturated rings. The van der Waals surface area contributed by atoms with Crippen LogP contribution in [0.4, 0.5) is 0 Å². The summed E-state index contributed by atoms with van der Waals surface area (Å²) in [6, 6.07) is 0. The monoisotopic (exact) mass is 414 g/mol. The van der Waals surface area contributed by atoms with E-state index in [4.69, 9.17) is 9.47 Å². The van der Waals surface area contributed by atoms with Gasteiger partial charge in [-0.2, -0.15) is 0 Å². The molecule has 4 aliphatic rings. The molecule has 5 heteroatoms. The highest BCUT2D eigenvalue weighted by atomic mass is 16.5. The van der Waals surface area contributed by atoms with E-state index in [2.05, 4.69) is 13.0 Å². The summed E-state index contributed by atoms with van der Waals surface area (Å²) in [5.41, 5.74) is 1.63. The average Bonchev–Trinajstić information content (AvgIpc) is 3.24. The van der Waals surface area contributed by atoms with Gasteiger partial charge in [-0.15, -0.1) is 0 Å². The summed E-state index contributed by atoms with van der Waals surface area (Å²) < 4.78 is 12.0. The number of hydrogen-bond acceptors (Lipinski definition) is 5. The van der Waals surface area contributed by atoms with Crippen molar-refractivity contribution in [3.63, 3.8) is 0 Å². The highest BCUT2D eigenvalue weighted by molar-refractivity contribution is 6.06. The molecule has 2 heterocycles. The van der Waals surface area contributed by atoms with Crippen LogP contribution < -0.4 is 0 Å². The zero-order valence-corrected chi connectivity index (χ0v) is 19.0. The molecule has 0 bridgehead atoms. The standard InChI is InChI=1S/C25H34O5/c1-13(2)11-19-21-16(5)17-8-7-15(4)25(17,28)23(27)22(21)24(6,30-19)10-9-18-14(3)12-20(26)29-18/h11-12,15-19,28H,7-10H2,1-6H3/t15-,16-,17-,18-,19+,24-,25+/m0/s1. The van der Waals surface area contributed by atoms with Crippen LogP contribution in [-0.4, -0.2) is 40.3 Å². The second kappa shape index (κ2) is 7.16. The number of allylic oxidation sites excluding steroid dienone is 1. The Morgan fingerprint density at radius 2 is 1.97 bits per heavy atom. The quantitative estimate of drug-likeness (QED) is 0.555. The fraction of sp³-hybridized carbons (Fsp3) is 0.680. The highest BCUT2D eigenvalue weighted by Crippen LogP contribution is 2.57. The van der Waals surface area contributed by atoms with Crippen molar-refractivity contribution in [2.45, 2.75) is 90.6 Å². The summed E-state index contributed by atoms with van der Waals surface area (Å²) in [6.45, 7) is 12.1. The molecular formula is C25H34O5. The first kappa shape index (κ1) is 21.5. The number of ether oxygens (including phenoxy) is 2. The van der Waals surface area contributed by atoms with Crippen molar-refractivity contribution in [3.05, 3.63) is 34.4 Å². The van der Waals surface area contributed by atoms with Crippen LogP contribution in [0.5, 0.6) is 0 Å². The van der Waals surface area contributed by atoms with Gasteiger partial charge in [-0.25, -0.2) is 4.79 Å². The molecule has 164 valence electrons. The number of carbonyl (C=O) groups excluding carboxylic acids is 2. The molecule has 1 N–H and O–H groups in total. The van der Waals surface area contributed by atoms with Crippen LogP contribution in [0.3, 0.4) is 0 Å². The van der Waals surface area contributed by atoms with Crippen molar-refractivity contribution in [3.8, 4) is 0 Å². The third-order valence-corrected chi connectivity index (χ3v) is 7.90. The summed E-state index contributed by atoms with van der Waals surface area (Å²) in [6.07, 6.45) is 5.96. The Morgan fingerprint density at radius 3 is 2.57 bits per heavy atom. The molecular weight excluding hydrogens is 380 g/mol. The summed E-state index contributed by atoms with van der Waals surface area (Å²) in [4.78, 5) is 25.4. The van der Waals surface area contributed by atoms with Gasteiger partial charge >= 0.3 is 5.97 Å². The second-order valence-electron chi connectivity index (χ2n) is 10.2. The summed E-state index contributed by atoms with van der Waals surface area (Å²) >= 11 is 0. The summed E-state index contributed by atoms with van der Waals surface area (Å²) in [7, 11) is 0. The number of ketones is 1. The number of fused-ring (bicyclic) bond motifs is 1. The van der Waals surface area contributed by atoms with Crippen LogP contribution in [0.2, 0.25) is 0 Å². The molecule has 2 aliphatic heterocycles. The Hall–Kier alpha value is -1.72. The molecule has 7 atom stereocenters. The third kappa shape index (κ3) is 3.04. The van der Waals surface area contributed by atoms with Gasteiger partial charge in [0.2, 0.25) is 0 Å². The van der Waals surface area contributed by atoms with Crippen LogP contribution >= 0.6 is 0 Å². The molecule has 0 aromatic carbocycles. The number of aliphatic hydroxyl groups is 1. The number of rotatable bonds is 4. The maximum Gasteiger partial charge on any atom is 0.331 e. The Labute approximate surface area is 179 Å². The number of cyclic esters (lactones) is 1. The maximum absolute atomic E-state index is 13.8. The van der Waals surface area contributed by atoms with E-state index in [0.29, 0.717) is 18.4 Å². The van der Waals surface area contributed by atoms with Crippen molar-refractivity contribution >= 4 is 11.8 Å². The molecule has 5 nitrogen and oxygen atoms in total. The molecule has 0 amide bonds. The van der Waals surface area contributed by atoms with E-state index in [-0.39, 0.29) is 41.7 Å². The van der Waals surface area contributed by atoms with Gasteiger partial charge < -0.3 is 14.6 Å². The lowest BCUT2D eigenvalue weighted by Crippen LogP contribution is -2.55. The first-order valence-electron chi connectivity index (χ1n) is 11.2. The molecule has 0 radical (unpaired) electrons. The van der Waals surface area contributed by atoms with Gasteiger partial charge in [0.1, 0.15) is 11.7 Å². The van der Waals surface area contributed by atoms with E-state index in [1.807, 2.05) is 34.6 Å². The van der Waals surface area contributed by atoms with Crippen LogP contribution in [0.25, 0.3) is 0 Å². The fourth-order valence-electron chi connectivity index (χ4n) is 6.23. The van der Waals surface area contributed by atoms with E-state index < -0.39 is 11.2 Å². The Kier molecular flexibility index (Phi) is 5.14. The lowest BCUT2D eigenvalue weighted by Gasteiger charge is -2.43. The number of esters is 1. The first-order valence-corrected chi connectivity index (χ1v) is 11.2. The lowest BCUT2D eigenvalue weighted by molar-refractivity contribution is -0.147. The van der Waals surface area contributed by atoms with E-state index in [1.54, 1.807) is 0 Å². The van der Waals surface area contributed by atoms with Gasteiger partial charge in [0.05, 0.1) is 11.7 Å². The predicted octanol–water partition coefficient (Wildman–Crippen LogP) is 4.05. The second-order valence-corrected chi connectivity index (χ2v) is 10.2. The summed E-state index contributed by atoms with van der Waals surface area (Å²) in [5.74, 6) is -0.482. The zero-order chi connectivity index (χ0) is 22.0. The van der Waals surface area contributed by atoms with E-state index in [1.165, 1.54) is 6.08 Å². The van der Waals surface area contributed by atoms with Gasteiger partial charge in [0.25, 0.3) is 0 Å². The van der Waals surface area contributed by atoms with Crippen LogP contribution in [0, 0.1) is 17.8 Å². The zero-order valence-electron chi connectivity index (χ0n) is 19.0. The molecule has 4 rings (SSSR count). The molecule has 0 unspecified atom stereocenters. The summed E-state index contributed by atoms with van der Waals surface area (Å²) in [5, 5.41) is 11.6. The topological polar surface area (TPSA) is 72.8 Å².